The highest BCUT2D eigenvalue weighted by molar-refractivity contribution is 5.45. The Labute approximate surface area is 179 Å². The molecule has 4 nitrogen and oxygen atoms in total. The van der Waals surface area contributed by atoms with Gasteiger partial charge in [0.05, 0.1) is 25.0 Å². The Balaban J connectivity index is 2.09. The third-order valence-corrected chi connectivity index (χ3v) is 4.94. The van der Waals surface area contributed by atoms with Gasteiger partial charge < -0.3 is 18.9 Å². The van der Waals surface area contributed by atoms with Crippen LogP contribution in [0.5, 0.6) is 23.0 Å². The van der Waals surface area contributed by atoms with Crippen molar-refractivity contribution in [3.8, 4) is 23.0 Å². The van der Waals surface area contributed by atoms with Crippen LogP contribution in [0.25, 0.3) is 0 Å². The van der Waals surface area contributed by atoms with Crippen LogP contribution in [-0.2, 0) is 12.8 Å². The van der Waals surface area contributed by atoms with Crippen LogP contribution in [-0.4, -0.2) is 0 Å². The zero-order chi connectivity index (χ0) is 21.9. The lowest BCUT2D eigenvalue weighted by Crippen LogP contribution is -2.14. The number of benzene rings is 2. The molecular weight excluding hydrogens is 376 g/mol. The van der Waals surface area contributed by atoms with E-state index in [0.29, 0.717) is 34.8 Å². The molecule has 2 rings (SSSR count). The topological polar surface area (TPSA) is 36.9 Å². The van der Waals surface area contributed by atoms with Crippen molar-refractivity contribution in [2.24, 2.45) is 11.8 Å². The van der Waals surface area contributed by atoms with Crippen LogP contribution in [0.4, 0.5) is 0 Å². The van der Waals surface area contributed by atoms with Gasteiger partial charge in [-0.25, -0.2) is 0 Å². The van der Waals surface area contributed by atoms with E-state index in [9.17, 15) is 0 Å². The van der Waals surface area contributed by atoms with Gasteiger partial charge in [-0.3, -0.25) is 0 Å². The lowest BCUT2D eigenvalue weighted by atomic mass is 9.85. The van der Waals surface area contributed by atoms with Crippen LogP contribution >= 0.6 is 0 Å². The second-order valence-corrected chi connectivity index (χ2v) is 7.06. The molecule has 0 radical (unpaired) electrons. The van der Waals surface area contributed by atoms with Crippen molar-refractivity contribution < 1.29 is 18.9 Å². The Morgan fingerprint density at radius 1 is 0.600 bits per heavy atom. The second-order valence-electron chi connectivity index (χ2n) is 7.06. The van der Waals surface area contributed by atoms with Crippen molar-refractivity contribution in [1.82, 2.24) is 0 Å². The fourth-order valence-electron chi connectivity index (χ4n) is 3.24. The minimum absolute atomic E-state index is 0.445. The number of ether oxygens (including phenoxy) is 4. The summed E-state index contributed by atoms with van der Waals surface area (Å²) in [4.78, 5) is 0. The molecule has 0 saturated heterocycles. The van der Waals surface area contributed by atoms with E-state index < -0.39 is 0 Å². The number of hydrogen-bond donors (Lipinski definition) is 0. The predicted molar refractivity (Wildman–Crippen MR) is 122 cm³/mol. The zero-order valence-corrected chi connectivity index (χ0v) is 17.8. The summed E-state index contributed by atoms with van der Waals surface area (Å²) in [5, 5.41) is 0. The van der Waals surface area contributed by atoms with Gasteiger partial charge in [-0.1, -0.05) is 52.3 Å². The minimum Gasteiger partial charge on any atom is -0.462 e. The Bertz CT molecular complexity index is 811. The van der Waals surface area contributed by atoms with Gasteiger partial charge in [0.2, 0.25) is 0 Å². The zero-order valence-electron chi connectivity index (χ0n) is 17.8. The average molecular weight is 407 g/mol. The van der Waals surface area contributed by atoms with Crippen LogP contribution in [0, 0.1) is 11.8 Å². The maximum atomic E-state index is 5.49. The van der Waals surface area contributed by atoms with Crippen LogP contribution in [0.15, 0.2) is 87.8 Å². The van der Waals surface area contributed by atoms with E-state index in [4.69, 9.17) is 18.9 Å². The predicted octanol–water partition coefficient (Wildman–Crippen LogP) is 6.83. The SMILES string of the molecule is C=COc1ccc(CC(C)C(C)Cc2ccc(OC=C)c(OC=C)c2)cc1OC=C. The van der Waals surface area contributed by atoms with E-state index in [0.717, 1.165) is 12.8 Å². The summed E-state index contributed by atoms with van der Waals surface area (Å²) < 4.78 is 21.8. The third kappa shape index (κ3) is 6.31. The molecule has 0 N–H and O–H groups in total. The van der Waals surface area contributed by atoms with Crippen LogP contribution in [0.3, 0.4) is 0 Å². The summed E-state index contributed by atoms with van der Waals surface area (Å²) in [5.74, 6) is 3.38. The van der Waals surface area contributed by atoms with E-state index in [-0.39, 0.29) is 0 Å². The molecule has 2 aromatic rings. The Morgan fingerprint density at radius 3 is 1.27 bits per heavy atom. The Kier molecular flexibility index (Phi) is 8.82. The molecule has 0 spiro atoms. The van der Waals surface area contributed by atoms with Crippen molar-refractivity contribution in [2.45, 2.75) is 26.7 Å². The van der Waals surface area contributed by atoms with Crippen LogP contribution < -0.4 is 18.9 Å². The van der Waals surface area contributed by atoms with Gasteiger partial charge in [0, 0.05) is 0 Å². The molecule has 2 aromatic carbocycles. The molecule has 2 unspecified atom stereocenters. The largest absolute Gasteiger partial charge is 0.462 e. The Morgan fingerprint density at radius 2 is 0.933 bits per heavy atom. The molecule has 158 valence electrons. The fraction of sp³-hybridized carbons (Fsp3) is 0.231. The van der Waals surface area contributed by atoms with E-state index in [2.05, 4.69) is 52.3 Å². The molecule has 0 amide bonds. The summed E-state index contributed by atoms with van der Waals surface area (Å²) in [6, 6.07) is 11.9. The van der Waals surface area contributed by atoms with Gasteiger partial charge in [0.15, 0.2) is 23.0 Å². The quantitative estimate of drug-likeness (QED) is 0.342. The monoisotopic (exact) mass is 406 g/mol. The van der Waals surface area contributed by atoms with Crippen molar-refractivity contribution in [3.63, 3.8) is 0 Å². The first-order chi connectivity index (χ1) is 14.5. The maximum Gasteiger partial charge on any atom is 0.169 e. The van der Waals surface area contributed by atoms with Gasteiger partial charge in [-0.2, -0.15) is 0 Å². The maximum absolute atomic E-state index is 5.49. The molecule has 0 aliphatic heterocycles. The van der Waals surface area contributed by atoms with Crippen molar-refractivity contribution in [2.75, 3.05) is 0 Å². The summed E-state index contributed by atoms with van der Waals surface area (Å²) in [6.07, 6.45) is 7.37. The molecule has 30 heavy (non-hydrogen) atoms. The molecule has 0 aliphatic rings. The van der Waals surface area contributed by atoms with Crippen molar-refractivity contribution >= 4 is 0 Å². The number of rotatable bonds is 13. The first kappa shape index (κ1) is 22.9. The summed E-state index contributed by atoms with van der Waals surface area (Å²) in [7, 11) is 0. The van der Waals surface area contributed by atoms with E-state index in [1.807, 2.05) is 24.3 Å². The van der Waals surface area contributed by atoms with Crippen LogP contribution in [0.2, 0.25) is 0 Å². The molecule has 0 aliphatic carbocycles. The summed E-state index contributed by atoms with van der Waals surface area (Å²) in [6.45, 7) is 18.9. The average Bonchev–Trinajstić information content (AvgIpc) is 2.72. The fourth-order valence-corrected chi connectivity index (χ4v) is 3.24. The lowest BCUT2D eigenvalue weighted by molar-refractivity contribution is 0.379. The molecule has 0 saturated carbocycles. The third-order valence-electron chi connectivity index (χ3n) is 4.94. The normalized spacial score (nSPS) is 12.2. The van der Waals surface area contributed by atoms with E-state index in [1.165, 1.54) is 36.2 Å². The standard InChI is InChI=1S/C26H30O4/c1-7-27-23-13-11-21(17-25(23)29-9-3)15-19(5)20(6)16-22-12-14-24(28-8-2)26(18-22)30-10-4/h7-14,17-20H,1-4,15-16H2,5-6H3. The summed E-state index contributed by atoms with van der Waals surface area (Å²) in [5.41, 5.74) is 2.35. The van der Waals surface area contributed by atoms with E-state index in [1.54, 1.807) is 0 Å². The van der Waals surface area contributed by atoms with Gasteiger partial charge in [-0.05, 0) is 60.1 Å². The molecule has 0 heterocycles. The van der Waals surface area contributed by atoms with Crippen LogP contribution in [0.1, 0.15) is 25.0 Å². The van der Waals surface area contributed by atoms with Crippen molar-refractivity contribution in [3.05, 3.63) is 98.9 Å². The molecule has 0 fully saturated rings. The van der Waals surface area contributed by atoms with Gasteiger partial charge in [-0.15, -0.1) is 0 Å². The molecule has 0 aromatic heterocycles. The molecule has 2 atom stereocenters. The second kappa shape index (κ2) is 11.6. The summed E-state index contributed by atoms with van der Waals surface area (Å²) >= 11 is 0. The smallest absolute Gasteiger partial charge is 0.169 e. The molecule has 0 bridgehead atoms. The highest BCUT2D eigenvalue weighted by atomic mass is 16.5. The van der Waals surface area contributed by atoms with Crippen molar-refractivity contribution in [1.29, 1.82) is 0 Å². The Hall–Kier alpha value is -3.40. The van der Waals surface area contributed by atoms with Gasteiger partial charge >= 0.3 is 0 Å². The van der Waals surface area contributed by atoms with E-state index >= 15 is 0 Å². The van der Waals surface area contributed by atoms with Gasteiger partial charge in [0.1, 0.15) is 0 Å². The highest BCUT2D eigenvalue weighted by Crippen LogP contribution is 2.33. The number of hydrogen-bond acceptors (Lipinski definition) is 4. The lowest BCUT2D eigenvalue weighted by Gasteiger charge is -2.21. The first-order valence-corrected chi connectivity index (χ1v) is 9.88. The molecular formula is C26H30O4. The highest BCUT2D eigenvalue weighted by Gasteiger charge is 2.16. The van der Waals surface area contributed by atoms with Gasteiger partial charge in [0.25, 0.3) is 0 Å². The minimum atomic E-state index is 0.445. The molecule has 4 heteroatoms. The first-order valence-electron chi connectivity index (χ1n) is 9.88.